The van der Waals surface area contributed by atoms with Crippen molar-refractivity contribution in [3.8, 4) is 11.4 Å². The van der Waals surface area contributed by atoms with Crippen molar-refractivity contribution in [3.05, 3.63) is 71.8 Å². The highest BCUT2D eigenvalue weighted by molar-refractivity contribution is 6.20. The third kappa shape index (κ3) is 4.00. The Morgan fingerprint density at radius 3 is 2.38 bits per heavy atom. The predicted octanol–water partition coefficient (Wildman–Crippen LogP) is 5.13. The first-order chi connectivity index (χ1) is 13.8. The summed E-state index contributed by atoms with van der Waals surface area (Å²) in [6.07, 6.45) is 4.38. The summed E-state index contributed by atoms with van der Waals surface area (Å²) in [4.78, 5) is 0. The van der Waals surface area contributed by atoms with Crippen LogP contribution in [0.25, 0.3) is 5.69 Å². The third-order valence-electron chi connectivity index (χ3n) is 5.73. The zero-order chi connectivity index (χ0) is 18.9. The van der Waals surface area contributed by atoms with Crippen molar-refractivity contribution in [2.45, 2.75) is 49.8 Å². The van der Waals surface area contributed by atoms with Crippen molar-refractivity contribution < 1.29 is 4.74 Å². The van der Waals surface area contributed by atoms with E-state index >= 15 is 0 Å². The average molecular weight is 431 g/mol. The lowest BCUT2D eigenvalue weighted by molar-refractivity contribution is 0.144. The molecule has 3 aromatic rings. The molecular formula is C22H24Cl2N4O. The molecule has 152 valence electrons. The molecule has 1 saturated carbocycles. The molecule has 0 amide bonds. The number of benzene rings is 2. The molecule has 29 heavy (non-hydrogen) atoms. The molecular weight excluding hydrogens is 407 g/mol. The quantitative estimate of drug-likeness (QED) is 0.461. The number of halogens is 2. The van der Waals surface area contributed by atoms with Gasteiger partial charge in [-0.25, -0.2) is 0 Å². The van der Waals surface area contributed by atoms with Crippen LogP contribution in [-0.4, -0.2) is 20.9 Å². The predicted molar refractivity (Wildman–Crippen MR) is 116 cm³/mol. The van der Waals surface area contributed by atoms with Gasteiger partial charge in [-0.1, -0.05) is 48.0 Å². The summed E-state index contributed by atoms with van der Waals surface area (Å²) in [5.41, 5.74) is 2.01. The molecule has 1 N–H and O–H groups in total. The minimum atomic E-state index is -0.341. The SMILES string of the molecule is Cl.ClC1NCc2ccccc2-n2c(C3CCC(Oc4ccccc4)CC3)nnc21. The molecule has 2 aliphatic rings. The highest BCUT2D eigenvalue weighted by atomic mass is 35.5. The molecule has 1 aliphatic heterocycles. The van der Waals surface area contributed by atoms with E-state index in [4.69, 9.17) is 16.3 Å². The fourth-order valence-corrected chi connectivity index (χ4v) is 4.50. The van der Waals surface area contributed by atoms with Crippen LogP contribution < -0.4 is 10.1 Å². The molecule has 0 spiro atoms. The second-order valence-electron chi connectivity index (χ2n) is 7.53. The Kier molecular flexibility index (Phi) is 6.09. The minimum absolute atomic E-state index is 0. The largest absolute Gasteiger partial charge is 0.490 e. The third-order valence-corrected chi connectivity index (χ3v) is 6.08. The lowest BCUT2D eigenvalue weighted by Crippen LogP contribution is -2.25. The summed E-state index contributed by atoms with van der Waals surface area (Å²) in [6.45, 7) is 0.727. The van der Waals surface area contributed by atoms with Crippen LogP contribution in [0.5, 0.6) is 5.75 Å². The van der Waals surface area contributed by atoms with E-state index in [2.05, 4.69) is 44.3 Å². The second kappa shape index (κ2) is 8.74. The van der Waals surface area contributed by atoms with Gasteiger partial charge in [0.1, 0.15) is 17.1 Å². The summed E-state index contributed by atoms with van der Waals surface area (Å²) in [5.74, 6) is 3.12. The molecule has 1 fully saturated rings. The summed E-state index contributed by atoms with van der Waals surface area (Å²) in [6, 6.07) is 18.5. The maximum absolute atomic E-state index is 6.55. The smallest absolute Gasteiger partial charge is 0.170 e. The van der Waals surface area contributed by atoms with Gasteiger partial charge in [-0.3, -0.25) is 9.88 Å². The van der Waals surface area contributed by atoms with Crippen molar-refractivity contribution in [2.24, 2.45) is 0 Å². The molecule has 0 saturated heterocycles. The first-order valence-electron chi connectivity index (χ1n) is 9.92. The van der Waals surface area contributed by atoms with E-state index in [0.717, 1.165) is 55.3 Å². The molecule has 1 aromatic heterocycles. The summed E-state index contributed by atoms with van der Waals surface area (Å²) in [5, 5.41) is 12.3. The van der Waals surface area contributed by atoms with Gasteiger partial charge in [0.05, 0.1) is 11.8 Å². The number of nitrogens with zero attached hydrogens (tertiary/aromatic N) is 3. The van der Waals surface area contributed by atoms with Crippen molar-refractivity contribution >= 4 is 24.0 Å². The van der Waals surface area contributed by atoms with E-state index in [9.17, 15) is 0 Å². The monoisotopic (exact) mass is 430 g/mol. The Balaban J connectivity index is 0.00000205. The van der Waals surface area contributed by atoms with Crippen LogP contribution in [0.2, 0.25) is 0 Å². The van der Waals surface area contributed by atoms with Crippen molar-refractivity contribution in [1.82, 2.24) is 20.1 Å². The van der Waals surface area contributed by atoms with Gasteiger partial charge in [0.15, 0.2) is 5.82 Å². The van der Waals surface area contributed by atoms with Gasteiger partial charge in [0.2, 0.25) is 0 Å². The van der Waals surface area contributed by atoms with Crippen LogP contribution >= 0.6 is 24.0 Å². The van der Waals surface area contributed by atoms with Gasteiger partial charge in [-0.15, -0.1) is 22.6 Å². The summed E-state index contributed by atoms with van der Waals surface area (Å²) >= 11 is 6.55. The molecule has 1 aliphatic carbocycles. The van der Waals surface area contributed by atoms with Crippen LogP contribution in [0.4, 0.5) is 0 Å². The Hall–Kier alpha value is -2.08. The molecule has 0 bridgehead atoms. The number of fused-ring (bicyclic) bond motifs is 3. The first kappa shape index (κ1) is 20.2. The van der Waals surface area contributed by atoms with Gasteiger partial charge in [0.25, 0.3) is 0 Å². The van der Waals surface area contributed by atoms with Gasteiger partial charge in [-0.2, -0.15) is 0 Å². The number of ether oxygens (including phenoxy) is 1. The summed E-state index contributed by atoms with van der Waals surface area (Å²) < 4.78 is 8.33. The zero-order valence-corrected chi connectivity index (χ0v) is 17.6. The molecule has 7 heteroatoms. The van der Waals surface area contributed by atoms with Gasteiger partial charge in [0, 0.05) is 12.5 Å². The van der Waals surface area contributed by atoms with Crippen LogP contribution in [0.15, 0.2) is 54.6 Å². The highest BCUT2D eigenvalue weighted by Crippen LogP contribution is 2.37. The maximum Gasteiger partial charge on any atom is 0.170 e. The number of rotatable bonds is 3. The number of alkyl halides is 1. The normalized spacial score (nSPS) is 23.3. The number of hydrogen-bond acceptors (Lipinski definition) is 4. The van der Waals surface area contributed by atoms with Crippen molar-refractivity contribution in [1.29, 1.82) is 0 Å². The van der Waals surface area contributed by atoms with Crippen molar-refractivity contribution in [2.75, 3.05) is 0 Å². The minimum Gasteiger partial charge on any atom is -0.490 e. The maximum atomic E-state index is 6.55. The Morgan fingerprint density at radius 2 is 1.59 bits per heavy atom. The van der Waals surface area contributed by atoms with E-state index < -0.39 is 0 Å². The Labute approximate surface area is 181 Å². The van der Waals surface area contributed by atoms with E-state index in [1.165, 1.54) is 5.56 Å². The van der Waals surface area contributed by atoms with Gasteiger partial charge < -0.3 is 4.74 Å². The molecule has 0 radical (unpaired) electrons. The second-order valence-corrected chi connectivity index (χ2v) is 7.96. The fourth-order valence-electron chi connectivity index (χ4n) is 4.28. The van der Waals surface area contributed by atoms with E-state index in [-0.39, 0.29) is 24.0 Å². The zero-order valence-electron chi connectivity index (χ0n) is 16.0. The van der Waals surface area contributed by atoms with E-state index in [0.29, 0.717) is 5.92 Å². The van der Waals surface area contributed by atoms with E-state index in [1.807, 2.05) is 30.3 Å². The van der Waals surface area contributed by atoms with Gasteiger partial charge in [-0.05, 0) is 49.4 Å². The van der Waals surface area contributed by atoms with Crippen LogP contribution in [0.1, 0.15) is 54.3 Å². The number of para-hydroxylation sites is 2. The molecule has 5 nitrogen and oxygen atoms in total. The molecule has 2 aromatic carbocycles. The number of nitrogens with one attached hydrogen (secondary N) is 1. The fraction of sp³-hybridized carbons (Fsp3) is 0.364. The first-order valence-corrected chi connectivity index (χ1v) is 10.4. The molecule has 5 rings (SSSR count). The number of hydrogen-bond donors (Lipinski definition) is 1. The van der Waals surface area contributed by atoms with Gasteiger partial charge >= 0.3 is 0 Å². The van der Waals surface area contributed by atoms with Crippen LogP contribution in [-0.2, 0) is 6.54 Å². The topological polar surface area (TPSA) is 52.0 Å². The lowest BCUT2D eigenvalue weighted by atomic mass is 9.86. The number of aromatic nitrogens is 3. The average Bonchev–Trinajstić information content (AvgIpc) is 3.13. The Bertz CT molecular complexity index is 954. The van der Waals surface area contributed by atoms with E-state index in [1.54, 1.807) is 0 Å². The standard InChI is InChI=1S/C22H23ClN4O.ClH/c23-20-22-26-25-21(27(22)19-9-5-4-6-16(19)14-24-20)15-10-12-18(13-11-15)28-17-7-2-1-3-8-17;/h1-9,15,18,20,24H,10-14H2;1H. The van der Waals surface area contributed by atoms with Crippen LogP contribution in [0, 0.1) is 0 Å². The van der Waals surface area contributed by atoms with Crippen LogP contribution in [0.3, 0.4) is 0 Å². The molecule has 1 unspecified atom stereocenters. The highest BCUT2D eigenvalue weighted by Gasteiger charge is 2.31. The Morgan fingerprint density at radius 1 is 0.897 bits per heavy atom. The lowest BCUT2D eigenvalue weighted by Gasteiger charge is -2.29. The molecule has 1 atom stereocenters. The molecule has 2 heterocycles. The van der Waals surface area contributed by atoms with Crippen molar-refractivity contribution in [3.63, 3.8) is 0 Å². The summed E-state index contributed by atoms with van der Waals surface area (Å²) in [7, 11) is 0.